The average Bonchev–Trinajstić information content (AvgIpc) is 2.79. The summed E-state index contributed by atoms with van der Waals surface area (Å²) < 4.78 is 67.5. The number of sulfone groups is 1. The van der Waals surface area contributed by atoms with E-state index >= 15 is 0 Å². The molecule has 0 atom stereocenters. The van der Waals surface area contributed by atoms with Gasteiger partial charge in [-0.3, -0.25) is 4.90 Å². The molecular weight excluding hydrogens is 497 g/mol. The number of nitriles is 1. The molecule has 1 aliphatic rings. The Morgan fingerprint density at radius 1 is 1.15 bits per heavy atom. The normalized spacial score (nSPS) is 14.9. The average molecular weight is 517 g/mol. The topological polar surface area (TPSA) is 112 Å². The molecule has 3 rings (SSSR count). The minimum atomic E-state index is -5.70. The molecule has 13 heteroatoms. The highest BCUT2D eigenvalue weighted by molar-refractivity contribution is 7.92. The van der Waals surface area contributed by atoms with Gasteiger partial charge in [0.05, 0.1) is 34.8 Å². The lowest BCUT2D eigenvalue weighted by Gasteiger charge is -2.26. The van der Waals surface area contributed by atoms with E-state index in [1.54, 1.807) is 12.1 Å². The molecule has 2 aromatic rings. The quantitative estimate of drug-likeness (QED) is 0.600. The van der Waals surface area contributed by atoms with E-state index in [1.165, 1.54) is 12.1 Å². The Bertz CT molecular complexity index is 1210. The van der Waals surface area contributed by atoms with Crippen molar-refractivity contribution in [1.82, 2.24) is 4.90 Å². The van der Waals surface area contributed by atoms with Gasteiger partial charge in [0.2, 0.25) is 0 Å². The molecule has 2 N–H and O–H groups in total. The number of ether oxygens (including phenoxy) is 1. The van der Waals surface area contributed by atoms with E-state index in [2.05, 4.69) is 15.5 Å². The molecule has 1 heterocycles. The van der Waals surface area contributed by atoms with Crippen molar-refractivity contribution in [1.29, 1.82) is 5.26 Å². The van der Waals surface area contributed by atoms with Crippen LogP contribution in [0.3, 0.4) is 0 Å². The van der Waals surface area contributed by atoms with Gasteiger partial charge in [0.1, 0.15) is 0 Å². The van der Waals surface area contributed by atoms with Gasteiger partial charge >= 0.3 is 11.5 Å². The maximum Gasteiger partial charge on any atom is 0.501 e. The second-order valence-corrected chi connectivity index (χ2v) is 9.68. The maximum absolute atomic E-state index is 12.9. The van der Waals surface area contributed by atoms with E-state index < -0.39 is 31.3 Å². The van der Waals surface area contributed by atoms with Crippen LogP contribution in [0.1, 0.15) is 11.1 Å². The number of nitrogens with one attached hydrogen (secondary N) is 2. The number of halogens is 4. The van der Waals surface area contributed by atoms with Crippen molar-refractivity contribution in [2.24, 2.45) is 0 Å². The number of carbonyl (C=O) groups excluding carboxylic acids is 1. The molecule has 34 heavy (non-hydrogen) atoms. The third kappa shape index (κ3) is 6.18. The fourth-order valence-electron chi connectivity index (χ4n) is 3.29. The fraction of sp³-hybridized carbons (Fsp3) is 0.333. The van der Waals surface area contributed by atoms with Crippen LogP contribution in [0.15, 0.2) is 41.3 Å². The van der Waals surface area contributed by atoms with Gasteiger partial charge in [0, 0.05) is 31.0 Å². The number of urea groups is 1. The van der Waals surface area contributed by atoms with E-state index in [1.807, 2.05) is 6.07 Å². The van der Waals surface area contributed by atoms with Gasteiger partial charge in [0.25, 0.3) is 9.84 Å². The third-order valence-electron chi connectivity index (χ3n) is 5.07. The monoisotopic (exact) mass is 516 g/mol. The second kappa shape index (κ2) is 10.6. The molecule has 0 radical (unpaired) electrons. The summed E-state index contributed by atoms with van der Waals surface area (Å²) in [5, 5.41) is 13.5. The Morgan fingerprint density at radius 2 is 1.85 bits per heavy atom. The van der Waals surface area contributed by atoms with Crippen LogP contribution >= 0.6 is 11.6 Å². The maximum atomic E-state index is 12.9. The lowest BCUT2D eigenvalue weighted by Crippen LogP contribution is -2.37. The van der Waals surface area contributed by atoms with Crippen LogP contribution in [-0.4, -0.2) is 57.7 Å². The second-order valence-electron chi connectivity index (χ2n) is 7.36. The number of benzene rings is 2. The van der Waals surface area contributed by atoms with Crippen LogP contribution in [0.2, 0.25) is 5.02 Å². The smallest absolute Gasteiger partial charge is 0.379 e. The van der Waals surface area contributed by atoms with Gasteiger partial charge in [-0.2, -0.15) is 18.4 Å². The van der Waals surface area contributed by atoms with Gasteiger partial charge in [0.15, 0.2) is 0 Å². The zero-order valence-corrected chi connectivity index (χ0v) is 19.2. The molecule has 2 aromatic carbocycles. The molecule has 1 aliphatic heterocycles. The van der Waals surface area contributed by atoms with E-state index in [0.29, 0.717) is 49.1 Å². The molecule has 0 unspecified atom stereocenters. The summed E-state index contributed by atoms with van der Waals surface area (Å²) in [6, 6.07) is 8.71. The molecule has 0 spiro atoms. The Kier molecular flexibility index (Phi) is 8.04. The van der Waals surface area contributed by atoms with Crippen LogP contribution in [0, 0.1) is 11.3 Å². The summed E-state index contributed by atoms with van der Waals surface area (Å²) in [7, 11) is -5.70. The zero-order valence-electron chi connectivity index (χ0n) is 17.7. The lowest BCUT2D eigenvalue weighted by atomic mass is 10.1. The van der Waals surface area contributed by atoms with Crippen molar-refractivity contribution in [2.45, 2.75) is 16.8 Å². The summed E-state index contributed by atoms with van der Waals surface area (Å²) in [5.74, 6) is 0. The van der Waals surface area contributed by atoms with Crippen LogP contribution in [0.25, 0.3) is 0 Å². The first-order valence-corrected chi connectivity index (χ1v) is 11.9. The van der Waals surface area contributed by atoms with Gasteiger partial charge in [-0.05, 0) is 48.4 Å². The van der Waals surface area contributed by atoms with Gasteiger partial charge in [-0.1, -0.05) is 11.6 Å². The molecule has 8 nitrogen and oxygen atoms in total. The van der Waals surface area contributed by atoms with E-state index in [4.69, 9.17) is 16.3 Å². The van der Waals surface area contributed by atoms with Crippen molar-refractivity contribution in [3.8, 4) is 6.07 Å². The first kappa shape index (κ1) is 25.8. The Hall–Kier alpha value is -2.85. The number of anilines is 2. The van der Waals surface area contributed by atoms with E-state index in [-0.39, 0.29) is 5.69 Å². The predicted octanol–water partition coefficient (Wildman–Crippen LogP) is 4.02. The number of hydrogen-bond acceptors (Lipinski definition) is 6. The van der Waals surface area contributed by atoms with Crippen molar-refractivity contribution >= 4 is 38.8 Å². The van der Waals surface area contributed by atoms with Crippen molar-refractivity contribution in [3.05, 3.63) is 52.5 Å². The number of morpholine rings is 1. The molecule has 0 saturated carbocycles. The van der Waals surface area contributed by atoms with Crippen molar-refractivity contribution in [2.75, 3.05) is 43.5 Å². The largest absolute Gasteiger partial charge is 0.501 e. The van der Waals surface area contributed by atoms with Crippen LogP contribution in [0.4, 0.5) is 29.3 Å². The highest BCUT2D eigenvalue weighted by atomic mass is 35.5. The van der Waals surface area contributed by atoms with Crippen LogP contribution in [0.5, 0.6) is 0 Å². The predicted molar refractivity (Wildman–Crippen MR) is 119 cm³/mol. The van der Waals surface area contributed by atoms with Gasteiger partial charge < -0.3 is 15.4 Å². The van der Waals surface area contributed by atoms with Crippen LogP contribution in [-0.2, 0) is 21.0 Å². The molecule has 0 bridgehead atoms. The molecular formula is C21H20ClF3N4O4S. The number of hydrogen-bond donors (Lipinski definition) is 2. The molecule has 182 valence electrons. The molecule has 1 fully saturated rings. The molecule has 0 aliphatic carbocycles. The summed E-state index contributed by atoms with van der Waals surface area (Å²) in [6.07, 6.45) is 0.528. The number of alkyl halides is 3. The van der Waals surface area contributed by atoms with E-state index in [9.17, 15) is 31.6 Å². The number of carbonyl (C=O) groups is 1. The van der Waals surface area contributed by atoms with Gasteiger partial charge in [-0.25, -0.2) is 13.2 Å². The summed E-state index contributed by atoms with van der Waals surface area (Å²) >= 11 is 5.66. The number of amides is 2. The van der Waals surface area contributed by atoms with Crippen molar-refractivity contribution < 1.29 is 31.1 Å². The Labute approximate surface area is 199 Å². The van der Waals surface area contributed by atoms with Crippen LogP contribution < -0.4 is 10.6 Å². The number of nitrogens with zero attached hydrogens (tertiary/aromatic N) is 2. The zero-order chi connectivity index (χ0) is 24.9. The molecule has 1 saturated heterocycles. The molecule has 2 amide bonds. The summed E-state index contributed by atoms with van der Waals surface area (Å²) in [5.41, 5.74) is -4.25. The van der Waals surface area contributed by atoms with Crippen molar-refractivity contribution in [3.63, 3.8) is 0 Å². The minimum Gasteiger partial charge on any atom is -0.379 e. The highest BCUT2D eigenvalue weighted by Gasteiger charge is 2.48. The summed E-state index contributed by atoms with van der Waals surface area (Å²) in [4.78, 5) is 13.5. The third-order valence-corrected chi connectivity index (χ3v) is 7.03. The number of rotatable bonds is 6. The SMILES string of the molecule is N#Cc1ccc(NC(=O)Nc2ccc(Cl)c(S(=O)(=O)C(F)(F)F)c2)c(CCN2CCOCC2)c1. The first-order chi connectivity index (χ1) is 16.0. The first-order valence-electron chi connectivity index (χ1n) is 10.0. The minimum absolute atomic E-state index is 0.201. The fourth-order valence-corrected chi connectivity index (χ4v) is 4.57. The Morgan fingerprint density at radius 3 is 2.50 bits per heavy atom. The summed E-state index contributed by atoms with van der Waals surface area (Å²) in [6.45, 7) is 3.45. The highest BCUT2D eigenvalue weighted by Crippen LogP contribution is 2.35. The standard InChI is InChI=1S/C21H20ClF3N4O4S/c22-17-3-2-16(12-19(17)34(31,32)21(23,24)25)27-20(30)28-18-4-1-14(13-26)11-15(18)5-6-29-7-9-33-10-8-29/h1-4,11-12H,5-10H2,(H2,27,28,30). The van der Waals surface area contributed by atoms with E-state index in [0.717, 1.165) is 19.2 Å². The molecule has 0 aromatic heterocycles. The Balaban J connectivity index is 1.76. The van der Waals surface area contributed by atoms with Gasteiger partial charge in [-0.15, -0.1) is 0 Å². The lowest BCUT2D eigenvalue weighted by molar-refractivity contribution is -0.0435.